The first kappa shape index (κ1) is 55.2. The molecule has 0 N–H and O–H groups in total. The van der Waals surface area contributed by atoms with E-state index < -0.39 is 0 Å². The molecule has 0 aromatic heterocycles. The highest BCUT2D eigenvalue weighted by Crippen LogP contribution is 2.45. The molecule has 5 aromatic carbocycles. The molecular formula is C66H87NO6. The standard InChI is InChI=1S/C66H87NO6/c1-16-27-70-57-43-31-45-37-52(64(7,8)9)39-47(58(45)71-28-17-2)33-49-41-54(66(13,14)15)42-50(60(49)73-30-23-19-22-26-67-61(68)55-24-20-21-25-56(55)62(67)69)34-48-40-53(65(10,11)12)38-46(59(48)72-29-18-3)32-44(57)36-51(35-43)63(4,5)6/h20-21,24-25,35-42H,16-19,22-23,26-34H2,1-15H3. The molecule has 2 aliphatic rings. The smallest absolute Gasteiger partial charge is 0.261 e. The maximum atomic E-state index is 13.2. The fraction of sp³-hybridized carbons (Fsp3) is 0.515. The number of unbranched alkanes of at least 4 members (excludes halogenated alkanes) is 2. The third kappa shape index (κ3) is 12.9. The Morgan fingerprint density at radius 1 is 0.384 bits per heavy atom. The lowest BCUT2D eigenvalue weighted by Gasteiger charge is -2.29. The van der Waals surface area contributed by atoms with Gasteiger partial charge in [0, 0.05) is 32.2 Å². The summed E-state index contributed by atoms with van der Waals surface area (Å²) in [6.07, 6.45) is 7.46. The highest BCUT2D eigenvalue weighted by molar-refractivity contribution is 6.21. The maximum Gasteiger partial charge on any atom is 0.261 e. The topological polar surface area (TPSA) is 74.3 Å². The third-order valence-corrected chi connectivity index (χ3v) is 14.5. The van der Waals surface area contributed by atoms with Crippen LogP contribution in [0.4, 0.5) is 0 Å². The average molecular weight is 990 g/mol. The molecule has 0 unspecified atom stereocenters. The van der Waals surface area contributed by atoms with E-state index in [0.29, 0.717) is 76.2 Å². The summed E-state index contributed by atoms with van der Waals surface area (Å²) in [6.45, 7) is 36.9. The minimum Gasteiger partial charge on any atom is -0.493 e. The number of ether oxygens (including phenoxy) is 4. The van der Waals surface area contributed by atoms with E-state index in [1.54, 1.807) is 12.1 Å². The second-order valence-corrected chi connectivity index (χ2v) is 25.0. The number of imide groups is 1. The van der Waals surface area contributed by atoms with Crippen molar-refractivity contribution in [3.63, 3.8) is 0 Å². The van der Waals surface area contributed by atoms with Gasteiger partial charge in [-0.3, -0.25) is 14.5 Å². The summed E-state index contributed by atoms with van der Waals surface area (Å²) in [5, 5.41) is 0. The number of carbonyl (C=O) groups is 2. The summed E-state index contributed by atoms with van der Waals surface area (Å²) in [6, 6.07) is 26.3. The number of rotatable bonds is 16. The summed E-state index contributed by atoms with van der Waals surface area (Å²) in [7, 11) is 0. The number of hydrogen-bond donors (Lipinski definition) is 0. The van der Waals surface area contributed by atoms with Crippen LogP contribution < -0.4 is 18.9 Å². The number of amides is 2. The minimum atomic E-state index is -0.203. The predicted octanol–water partition coefficient (Wildman–Crippen LogP) is 15.8. The summed E-state index contributed by atoms with van der Waals surface area (Å²) >= 11 is 0. The van der Waals surface area contributed by atoms with Gasteiger partial charge in [-0.05, 0) is 139 Å². The normalized spacial score (nSPS) is 14.1. The first-order chi connectivity index (χ1) is 34.4. The molecule has 73 heavy (non-hydrogen) atoms. The van der Waals surface area contributed by atoms with E-state index in [9.17, 15) is 9.59 Å². The van der Waals surface area contributed by atoms with Crippen molar-refractivity contribution in [3.8, 4) is 23.0 Å². The number of benzene rings is 5. The van der Waals surface area contributed by atoms with Crippen LogP contribution in [0.3, 0.4) is 0 Å². The van der Waals surface area contributed by atoms with Gasteiger partial charge >= 0.3 is 0 Å². The molecule has 2 amide bonds. The van der Waals surface area contributed by atoms with Crippen molar-refractivity contribution in [2.75, 3.05) is 33.0 Å². The lowest BCUT2D eigenvalue weighted by atomic mass is 9.79. The van der Waals surface area contributed by atoms with Gasteiger partial charge < -0.3 is 18.9 Å². The molecule has 0 spiro atoms. The van der Waals surface area contributed by atoms with Gasteiger partial charge in [0.1, 0.15) is 23.0 Å². The van der Waals surface area contributed by atoms with Crippen LogP contribution in [0.25, 0.3) is 0 Å². The third-order valence-electron chi connectivity index (χ3n) is 14.5. The fourth-order valence-electron chi connectivity index (χ4n) is 10.1. The molecule has 0 radical (unpaired) electrons. The van der Waals surface area contributed by atoms with Crippen molar-refractivity contribution in [2.24, 2.45) is 0 Å². The van der Waals surface area contributed by atoms with E-state index in [-0.39, 0.29) is 33.5 Å². The SMILES string of the molecule is CCCOc1c2cc(C(C)(C)C)cc1Cc1cc(C(C)(C)C)cc(c1OCCC)Cc1cc(C(C)(C)C)cc(c1OCCCCCN1C(=O)c3ccccc3C1=O)Cc1cc(C(C)(C)C)cc(c1OCCC)C2. The molecule has 8 bridgehead atoms. The summed E-state index contributed by atoms with van der Waals surface area (Å²) in [5.41, 5.74) is 14.7. The van der Waals surface area contributed by atoms with Crippen LogP contribution in [0.5, 0.6) is 23.0 Å². The fourth-order valence-corrected chi connectivity index (χ4v) is 10.1. The molecule has 1 aliphatic heterocycles. The van der Waals surface area contributed by atoms with Crippen molar-refractivity contribution >= 4 is 11.8 Å². The van der Waals surface area contributed by atoms with Crippen molar-refractivity contribution in [3.05, 3.63) is 151 Å². The maximum absolute atomic E-state index is 13.2. The Morgan fingerprint density at radius 3 is 0.890 bits per heavy atom. The zero-order valence-corrected chi connectivity index (χ0v) is 47.4. The van der Waals surface area contributed by atoms with Crippen molar-refractivity contribution < 1.29 is 28.5 Å². The van der Waals surface area contributed by atoms with E-state index in [2.05, 4.69) is 152 Å². The second kappa shape index (κ2) is 22.5. The van der Waals surface area contributed by atoms with Crippen LogP contribution in [0, 0.1) is 0 Å². The minimum absolute atomic E-state index is 0.115. The van der Waals surface area contributed by atoms with Crippen molar-refractivity contribution in [1.29, 1.82) is 0 Å². The van der Waals surface area contributed by atoms with Crippen LogP contribution in [-0.4, -0.2) is 49.7 Å². The van der Waals surface area contributed by atoms with E-state index in [0.717, 1.165) is 88.5 Å². The second-order valence-electron chi connectivity index (χ2n) is 25.0. The zero-order valence-electron chi connectivity index (χ0n) is 47.4. The molecule has 1 aliphatic carbocycles. The quantitative estimate of drug-likeness (QED) is 0.0710. The number of hydrogen-bond acceptors (Lipinski definition) is 6. The molecule has 7 rings (SSSR count). The largest absolute Gasteiger partial charge is 0.493 e. The van der Waals surface area contributed by atoms with Gasteiger partial charge in [0.2, 0.25) is 0 Å². The average Bonchev–Trinajstić information content (AvgIpc) is 3.55. The molecule has 5 aromatic rings. The molecule has 392 valence electrons. The van der Waals surface area contributed by atoms with Gasteiger partial charge in [0.25, 0.3) is 11.8 Å². The monoisotopic (exact) mass is 990 g/mol. The Balaban J connectivity index is 1.45. The highest BCUT2D eigenvalue weighted by Gasteiger charge is 2.35. The first-order valence-corrected chi connectivity index (χ1v) is 27.5. The molecule has 1 heterocycles. The molecule has 0 atom stereocenters. The number of carbonyl (C=O) groups excluding carboxylic acids is 2. The molecular weight excluding hydrogens is 903 g/mol. The number of fused-ring (bicyclic) bond motifs is 9. The summed E-state index contributed by atoms with van der Waals surface area (Å²) in [4.78, 5) is 27.8. The van der Waals surface area contributed by atoms with Crippen LogP contribution in [0.1, 0.15) is 230 Å². The molecule has 0 fully saturated rings. The lowest BCUT2D eigenvalue weighted by Crippen LogP contribution is -2.30. The lowest BCUT2D eigenvalue weighted by molar-refractivity contribution is 0.0651. The molecule has 7 heteroatoms. The van der Waals surface area contributed by atoms with Crippen molar-refractivity contribution in [2.45, 2.75) is 190 Å². The van der Waals surface area contributed by atoms with E-state index in [1.807, 2.05) is 12.1 Å². The van der Waals surface area contributed by atoms with Gasteiger partial charge in [-0.15, -0.1) is 0 Å². The molecule has 0 saturated heterocycles. The van der Waals surface area contributed by atoms with E-state index in [4.69, 9.17) is 18.9 Å². The van der Waals surface area contributed by atoms with Crippen LogP contribution >= 0.6 is 0 Å². The first-order valence-electron chi connectivity index (χ1n) is 27.5. The van der Waals surface area contributed by atoms with Gasteiger partial charge in [0.15, 0.2) is 0 Å². The van der Waals surface area contributed by atoms with Gasteiger partial charge in [-0.2, -0.15) is 0 Å². The number of nitrogens with zero attached hydrogens (tertiary/aromatic N) is 1. The summed E-state index contributed by atoms with van der Waals surface area (Å²) in [5.74, 6) is 3.36. The Bertz CT molecular complexity index is 2630. The predicted molar refractivity (Wildman–Crippen MR) is 300 cm³/mol. The Kier molecular flexibility index (Phi) is 17.0. The highest BCUT2D eigenvalue weighted by atomic mass is 16.5. The Labute approximate surface area is 439 Å². The van der Waals surface area contributed by atoms with Crippen LogP contribution in [-0.2, 0) is 47.3 Å². The zero-order chi connectivity index (χ0) is 53.0. The van der Waals surface area contributed by atoms with Crippen LogP contribution in [0.15, 0.2) is 72.8 Å². The summed E-state index contributed by atoms with van der Waals surface area (Å²) < 4.78 is 28.2. The Morgan fingerprint density at radius 2 is 0.644 bits per heavy atom. The van der Waals surface area contributed by atoms with Gasteiger partial charge in [-0.1, -0.05) is 165 Å². The van der Waals surface area contributed by atoms with Gasteiger partial charge in [-0.25, -0.2) is 0 Å². The van der Waals surface area contributed by atoms with Crippen LogP contribution in [0.2, 0.25) is 0 Å². The molecule has 7 nitrogen and oxygen atoms in total. The molecule has 0 saturated carbocycles. The Hall–Kier alpha value is -5.56. The van der Waals surface area contributed by atoms with Gasteiger partial charge in [0.05, 0.1) is 37.6 Å². The van der Waals surface area contributed by atoms with E-state index >= 15 is 0 Å². The van der Waals surface area contributed by atoms with Crippen molar-refractivity contribution in [1.82, 2.24) is 4.90 Å². The van der Waals surface area contributed by atoms with E-state index in [1.165, 1.54) is 38.3 Å².